The molecule has 1 aromatic rings. The molecule has 3 atom stereocenters. The van der Waals surface area contributed by atoms with E-state index < -0.39 is 0 Å². The van der Waals surface area contributed by atoms with Crippen LogP contribution >= 0.6 is 0 Å². The fraction of sp³-hybridized carbons (Fsp3) is 0.619. The lowest BCUT2D eigenvalue weighted by molar-refractivity contribution is -0.138. The van der Waals surface area contributed by atoms with Crippen LogP contribution in [-0.4, -0.2) is 53.9 Å². The summed E-state index contributed by atoms with van der Waals surface area (Å²) in [6.45, 7) is 7.28. The number of amides is 2. The topological polar surface area (TPSA) is 49.9 Å². The zero-order chi connectivity index (χ0) is 18.8. The van der Waals surface area contributed by atoms with Crippen molar-refractivity contribution in [1.29, 1.82) is 0 Å². The van der Waals surface area contributed by atoms with E-state index >= 15 is 0 Å². The normalized spacial score (nSPS) is 25.3. The summed E-state index contributed by atoms with van der Waals surface area (Å²) in [4.78, 5) is 29.2. The molecule has 0 spiro atoms. The number of carbonyl (C=O) groups excluding carboxylic acids is 2. The maximum Gasteiger partial charge on any atom is 0.223 e. The summed E-state index contributed by atoms with van der Waals surface area (Å²) in [5.74, 6) is 1.65. The summed E-state index contributed by atoms with van der Waals surface area (Å²) < 4.78 is 5.27. The molecule has 2 fully saturated rings. The minimum atomic E-state index is 0.0748. The number of rotatable bonds is 4. The number of piperidine rings is 1. The molecule has 2 amide bonds. The second-order valence-corrected chi connectivity index (χ2v) is 7.94. The first-order valence-electron chi connectivity index (χ1n) is 9.63. The highest BCUT2D eigenvalue weighted by Crippen LogP contribution is 2.41. The lowest BCUT2D eigenvalue weighted by Crippen LogP contribution is -2.53. The maximum atomic E-state index is 12.9. The average molecular weight is 358 g/mol. The number of carbonyl (C=O) groups is 2. The van der Waals surface area contributed by atoms with Crippen LogP contribution in [0.25, 0.3) is 0 Å². The highest BCUT2D eigenvalue weighted by Gasteiger charge is 2.49. The lowest BCUT2D eigenvalue weighted by Gasteiger charge is -2.41. The Kier molecular flexibility index (Phi) is 5.54. The third-order valence-corrected chi connectivity index (χ3v) is 5.71. The van der Waals surface area contributed by atoms with E-state index in [0.717, 1.165) is 25.1 Å². The number of likely N-dealkylation sites (tertiary alicyclic amines) is 2. The van der Waals surface area contributed by atoms with Gasteiger partial charge in [0.15, 0.2) is 0 Å². The van der Waals surface area contributed by atoms with Crippen LogP contribution in [0.3, 0.4) is 0 Å². The van der Waals surface area contributed by atoms with Crippen LogP contribution in [0.1, 0.15) is 51.5 Å². The van der Waals surface area contributed by atoms with E-state index in [1.807, 2.05) is 17.0 Å². The van der Waals surface area contributed by atoms with Crippen LogP contribution in [0.4, 0.5) is 0 Å². The number of ether oxygens (including phenoxy) is 1. The molecule has 2 saturated heterocycles. The van der Waals surface area contributed by atoms with E-state index in [1.54, 1.807) is 14.0 Å². The van der Waals surface area contributed by atoms with Gasteiger partial charge in [-0.1, -0.05) is 26.0 Å². The van der Waals surface area contributed by atoms with Crippen LogP contribution < -0.4 is 4.74 Å². The van der Waals surface area contributed by atoms with Crippen molar-refractivity contribution < 1.29 is 14.3 Å². The van der Waals surface area contributed by atoms with E-state index in [1.165, 1.54) is 5.56 Å². The molecule has 3 rings (SSSR count). The molecule has 142 valence electrons. The highest BCUT2D eigenvalue weighted by molar-refractivity contribution is 5.78. The number of fused-ring (bicyclic) bond motifs is 1. The first kappa shape index (κ1) is 18.7. The van der Waals surface area contributed by atoms with Crippen molar-refractivity contribution >= 4 is 11.8 Å². The molecule has 0 radical (unpaired) electrons. The molecule has 0 N–H and O–H groups in total. The number of benzene rings is 1. The zero-order valence-electron chi connectivity index (χ0n) is 16.3. The van der Waals surface area contributed by atoms with Gasteiger partial charge in [0, 0.05) is 32.4 Å². The number of hydrogen-bond acceptors (Lipinski definition) is 3. The fourth-order valence-corrected chi connectivity index (χ4v) is 4.55. The third-order valence-electron chi connectivity index (χ3n) is 5.71. The van der Waals surface area contributed by atoms with Crippen LogP contribution in [-0.2, 0) is 9.59 Å². The van der Waals surface area contributed by atoms with Crippen LogP contribution in [0.5, 0.6) is 5.75 Å². The average Bonchev–Trinajstić information content (AvgIpc) is 3.01. The lowest BCUT2D eigenvalue weighted by atomic mass is 9.86. The van der Waals surface area contributed by atoms with Gasteiger partial charge in [-0.3, -0.25) is 9.59 Å². The van der Waals surface area contributed by atoms with E-state index in [9.17, 15) is 9.59 Å². The summed E-state index contributed by atoms with van der Waals surface area (Å²) in [7, 11) is 1.66. The second kappa shape index (κ2) is 7.68. The Hall–Kier alpha value is -2.04. The first-order chi connectivity index (χ1) is 12.4. The zero-order valence-corrected chi connectivity index (χ0v) is 16.3. The minimum absolute atomic E-state index is 0.0748. The molecule has 0 bridgehead atoms. The summed E-state index contributed by atoms with van der Waals surface area (Å²) in [6, 6.07) is 8.28. The molecular weight excluding hydrogens is 328 g/mol. The summed E-state index contributed by atoms with van der Waals surface area (Å²) in [5.41, 5.74) is 1.17. The summed E-state index contributed by atoms with van der Waals surface area (Å²) >= 11 is 0. The maximum absolute atomic E-state index is 12.9. The molecule has 0 aromatic heterocycles. The SMILES string of the molecule is COc1ccc([C@H]2CN(C(=O)CC(C)C)[C@@H]3CCCN(C(C)=O)[C@H]23)cc1. The Bertz CT molecular complexity index is 656. The van der Waals surface area contributed by atoms with Crippen molar-refractivity contribution in [2.45, 2.75) is 58.0 Å². The molecular formula is C21H30N2O3. The Balaban J connectivity index is 1.93. The molecule has 0 unspecified atom stereocenters. The van der Waals surface area contributed by atoms with Gasteiger partial charge >= 0.3 is 0 Å². The molecule has 0 aliphatic carbocycles. The summed E-state index contributed by atoms with van der Waals surface area (Å²) in [5, 5.41) is 0. The highest BCUT2D eigenvalue weighted by atomic mass is 16.5. The molecule has 2 aliphatic rings. The van der Waals surface area contributed by atoms with Crippen molar-refractivity contribution in [2.24, 2.45) is 5.92 Å². The Morgan fingerprint density at radius 1 is 1.19 bits per heavy atom. The van der Waals surface area contributed by atoms with Gasteiger partial charge in [0.2, 0.25) is 11.8 Å². The third kappa shape index (κ3) is 3.57. The van der Waals surface area contributed by atoms with E-state index in [2.05, 4.69) is 30.9 Å². The van der Waals surface area contributed by atoms with Crippen molar-refractivity contribution in [2.75, 3.05) is 20.2 Å². The smallest absolute Gasteiger partial charge is 0.223 e. The van der Waals surface area contributed by atoms with Crippen molar-refractivity contribution in [3.05, 3.63) is 29.8 Å². The van der Waals surface area contributed by atoms with E-state index in [4.69, 9.17) is 4.74 Å². The fourth-order valence-electron chi connectivity index (χ4n) is 4.55. The Labute approximate surface area is 156 Å². The van der Waals surface area contributed by atoms with Crippen LogP contribution in [0.15, 0.2) is 24.3 Å². The molecule has 26 heavy (non-hydrogen) atoms. The second-order valence-electron chi connectivity index (χ2n) is 7.94. The molecule has 2 heterocycles. The van der Waals surface area contributed by atoms with Crippen LogP contribution in [0, 0.1) is 5.92 Å². The Morgan fingerprint density at radius 2 is 1.88 bits per heavy atom. The predicted octanol–water partition coefficient (Wildman–Crippen LogP) is 3.05. The van der Waals surface area contributed by atoms with Gasteiger partial charge < -0.3 is 14.5 Å². The number of hydrogen-bond donors (Lipinski definition) is 0. The van der Waals surface area contributed by atoms with E-state index in [-0.39, 0.29) is 29.8 Å². The number of methoxy groups -OCH3 is 1. The van der Waals surface area contributed by atoms with Gasteiger partial charge in [0.25, 0.3) is 0 Å². The van der Waals surface area contributed by atoms with Gasteiger partial charge in [0.05, 0.1) is 19.2 Å². The van der Waals surface area contributed by atoms with Crippen molar-refractivity contribution in [3.8, 4) is 5.75 Å². The summed E-state index contributed by atoms with van der Waals surface area (Å²) in [6.07, 6.45) is 2.51. The molecule has 5 nitrogen and oxygen atoms in total. The van der Waals surface area contributed by atoms with Gasteiger partial charge in [-0.15, -0.1) is 0 Å². The number of nitrogens with zero attached hydrogens (tertiary/aromatic N) is 2. The minimum Gasteiger partial charge on any atom is -0.497 e. The largest absolute Gasteiger partial charge is 0.497 e. The van der Waals surface area contributed by atoms with Gasteiger partial charge in [-0.05, 0) is 36.5 Å². The first-order valence-corrected chi connectivity index (χ1v) is 9.63. The van der Waals surface area contributed by atoms with Gasteiger partial charge in [-0.25, -0.2) is 0 Å². The van der Waals surface area contributed by atoms with Gasteiger partial charge in [-0.2, -0.15) is 0 Å². The Morgan fingerprint density at radius 3 is 2.46 bits per heavy atom. The molecule has 1 aromatic carbocycles. The standard InChI is InChI=1S/C21H30N2O3/c1-14(2)12-20(25)23-13-18(16-7-9-17(26-4)10-8-16)21-19(23)6-5-11-22(21)15(3)24/h7-10,14,18-19,21H,5-6,11-13H2,1-4H3/t18-,19-,21-/m1/s1. The predicted molar refractivity (Wildman–Crippen MR) is 101 cm³/mol. The monoisotopic (exact) mass is 358 g/mol. The molecule has 5 heteroatoms. The quantitative estimate of drug-likeness (QED) is 0.831. The molecule has 0 saturated carbocycles. The van der Waals surface area contributed by atoms with Gasteiger partial charge in [0.1, 0.15) is 5.75 Å². The van der Waals surface area contributed by atoms with E-state index in [0.29, 0.717) is 18.9 Å². The molecule has 2 aliphatic heterocycles. The van der Waals surface area contributed by atoms with Crippen LogP contribution in [0.2, 0.25) is 0 Å². The van der Waals surface area contributed by atoms with Crippen molar-refractivity contribution in [1.82, 2.24) is 9.80 Å². The van der Waals surface area contributed by atoms with Crippen molar-refractivity contribution in [3.63, 3.8) is 0 Å².